The molecule has 0 atom stereocenters. The fraction of sp³-hybridized carbons (Fsp3) is 0.414. The number of aliphatic hydroxyl groups excluding tert-OH is 1. The van der Waals surface area contributed by atoms with E-state index in [4.69, 9.17) is 4.74 Å². The quantitative estimate of drug-likeness (QED) is 0.408. The minimum absolute atomic E-state index is 0.110. The maximum atomic E-state index is 12.1. The van der Waals surface area contributed by atoms with Gasteiger partial charge >= 0.3 is 5.97 Å². The molecule has 0 fully saturated rings. The molecule has 0 radical (unpaired) electrons. The van der Waals surface area contributed by atoms with Gasteiger partial charge in [0.2, 0.25) is 0 Å². The van der Waals surface area contributed by atoms with E-state index in [-0.39, 0.29) is 23.4 Å². The number of carbonyl (C=O) groups is 1. The highest BCUT2D eigenvalue weighted by atomic mass is 16.5. The number of allylic oxidation sites excluding steroid dienone is 3. The van der Waals surface area contributed by atoms with Crippen molar-refractivity contribution in [3.63, 3.8) is 0 Å². The number of benzene rings is 2. The van der Waals surface area contributed by atoms with Crippen molar-refractivity contribution in [3.8, 4) is 0 Å². The third kappa shape index (κ3) is 5.05. The second-order valence-corrected chi connectivity index (χ2v) is 10.0. The molecule has 2 aromatic rings. The van der Waals surface area contributed by atoms with Crippen LogP contribution in [0.25, 0.3) is 11.1 Å². The minimum atomic E-state index is -0.349. The Hall–Kier alpha value is -2.65. The fourth-order valence-electron chi connectivity index (χ4n) is 4.46. The summed E-state index contributed by atoms with van der Waals surface area (Å²) in [6.07, 6.45) is 6.37. The third-order valence-corrected chi connectivity index (χ3v) is 6.76. The summed E-state index contributed by atoms with van der Waals surface area (Å²) >= 11 is 0. The van der Waals surface area contributed by atoms with Crippen molar-refractivity contribution in [1.82, 2.24) is 0 Å². The lowest BCUT2D eigenvalue weighted by Crippen LogP contribution is -2.33. The lowest BCUT2D eigenvalue weighted by Gasteiger charge is -2.42. The molecule has 0 saturated carbocycles. The molecule has 3 rings (SSSR count). The SMILES string of the molecule is CCOC(=O)c1cccc(C(=CC=C(C)c2ccc3c(c2)C(C)(C)CCC3(C)C)CO)c1. The molecule has 3 heteroatoms. The Morgan fingerprint density at radius 3 is 2.25 bits per heavy atom. The van der Waals surface area contributed by atoms with Gasteiger partial charge in [-0.3, -0.25) is 0 Å². The van der Waals surface area contributed by atoms with Crippen LogP contribution in [0.15, 0.2) is 54.6 Å². The topological polar surface area (TPSA) is 46.5 Å². The minimum Gasteiger partial charge on any atom is -0.462 e. The van der Waals surface area contributed by atoms with Crippen molar-refractivity contribution in [2.24, 2.45) is 0 Å². The Morgan fingerprint density at radius 1 is 0.938 bits per heavy atom. The fourth-order valence-corrected chi connectivity index (χ4v) is 4.46. The smallest absolute Gasteiger partial charge is 0.338 e. The van der Waals surface area contributed by atoms with E-state index in [0.717, 1.165) is 16.7 Å². The number of fused-ring (bicyclic) bond motifs is 1. The molecule has 1 aliphatic rings. The molecule has 170 valence electrons. The van der Waals surface area contributed by atoms with Crippen LogP contribution in [0.2, 0.25) is 0 Å². The largest absolute Gasteiger partial charge is 0.462 e. The maximum Gasteiger partial charge on any atom is 0.338 e. The lowest BCUT2D eigenvalue weighted by atomic mass is 9.63. The zero-order valence-electron chi connectivity index (χ0n) is 20.3. The van der Waals surface area contributed by atoms with E-state index in [0.29, 0.717) is 12.2 Å². The predicted octanol–water partition coefficient (Wildman–Crippen LogP) is 6.69. The Morgan fingerprint density at radius 2 is 1.59 bits per heavy atom. The van der Waals surface area contributed by atoms with Crippen molar-refractivity contribution in [1.29, 1.82) is 0 Å². The summed E-state index contributed by atoms with van der Waals surface area (Å²) in [7, 11) is 0. The zero-order chi connectivity index (χ0) is 23.5. The third-order valence-electron chi connectivity index (χ3n) is 6.76. The number of ether oxygens (including phenoxy) is 1. The molecule has 0 bridgehead atoms. The van der Waals surface area contributed by atoms with Crippen molar-refractivity contribution in [3.05, 3.63) is 82.4 Å². The molecule has 0 aliphatic heterocycles. The van der Waals surface area contributed by atoms with Crippen molar-refractivity contribution < 1.29 is 14.6 Å². The Labute approximate surface area is 192 Å². The Bertz CT molecular complexity index is 1050. The van der Waals surface area contributed by atoms with Gasteiger partial charge in [-0.15, -0.1) is 0 Å². The van der Waals surface area contributed by atoms with Crippen LogP contribution in [0, 0.1) is 0 Å². The first kappa shape index (κ1) is 24.0. The van der Waals surface area contributed by atoms with Crippen LogP contribution in [0.5, 0.6) is 0 Å². The summed E-state index contributed by atoms with van der Waals surface area (Å²) in [4.78, 5) is 12.1. The monoisotopic (exact) mass is 432 g/mol. The van der Waals surface area contributed by atoms with Crippen LogP contribution < -0.4 is 0 Å². The van der Waals surface area contributed by atoms with Gasteiger partial charge in [0.1, 0.15) is 0 Å². The second-order valence-electron chi connectivity index (χ2n) is 10.0. The molecule has 3 nitrogen and oxygen atoms in total. The highest BCUT2D eigenvalue weighted by Crippen LogP contribution is 2.46. The molecule has 1 aliphatic carbocycles. The molecule has 1 N–H and O–H groups in total. The summed E-state index contributed by atoms with van der Waals surface area (Å²) in [6, 6.07) is 14.1. The van der Waals surface area contributed by atoms with Gasteiger partial charge in [0.05, 0.1) is 18.8 Å². The van der Waals surface area contributed by atoms with Crippen molar-refractivity contribution >= 4 is 17.1 Å². The van der Waals surface area contributed by atoms with Gasteiger partial charge in [-0.2, -0.15) is 0 Å². The van der Waals surface area contributed by atoms with Gasteiger partial charge < -0.3 is 9.84 Å². The number of hydrogen-bond donors (Lipinski definition) is 1. The van der Waals surface area contributed by atoms with Gasteiger partial charge in [-0.1, -0.05) is 70.2 Å². The van der Waals surface area contributed by atoms with E-state index in [1.807, 2.05) is 24.3 Å². The number of rotatable bonds is 6. The van der Waals surface area contributed by atoms with Crippen molar-refractivity contribution in [2.75, 3.05) is 13.2 Å². The van der Waals surface area contributed by atoms with Crippen LogP contribution in [0.3, 0.4) is 0 Å². The van der Waals surface area contributed by atoms with Gasteiger partial charge in [0.15, 0.2) is 0 Å². The molecule has 0 aromatic heterocycles. The summed E-state index contributed by atoms with van der Waals surface area (Å²) in [6.45, 7) is 13.5. The first-order chi connectivity index (χ1) is 15.1. The van der Waals surface area contributed by atoms with E-state index in [1.165, 1.54) is 29.5 Å². The van der Waals surface area contributed by atoms with Gasteiger partial charge in [-0.25, -0.2) is 4.79 Å². The second kappa shape index (κ2) is 9.46. The average Bonchev–Trinajstić information content (AvgIpc) is 2.77. The highest BCUT2D eigenvalue weighted by molar-refractivity contribution is 5.90. The van der Waals surface area contributed by atoms with Crippen LogP contribution >= 0.6 is 0 Å². The molecule has 0 heterocycles. The lowest BCUT2D eigenvalue weighted by molar-refractivity contribution is 0.0526. The molecule has 32 heavy (non-hydrogen) atoms. The molecule has 0 saturated heterocycles. The number of aliphatic hydroxyl groups is 1. The number of carbonyl (C=O) groups excluding carboxylic acids is 1. The van der Waals surface area contributed by atoms with E-state index in [2.05, 4.69) is 52.8 Å². The molecule has 0 unspecified atom stereocenters. The number of esters is 1. The van der Waals surface area contributed by atoms with E-state index < -0.39 is 0 Å². The first-order valence-electron chi connectivity index (χ1n) is 11.5. The van der Waals surface area contributed by atoms with Gasteiger partial charge in [0, 0.05) is 0 Å². The van der Waals surface area contributed by atoms with Gasteiger partial charge in [-0.05, 0) is 83.1 Å². The van der Waals surface area contributed by atoms with E-state index >= 15 is 0 Å². The van der Waals surface area contributed by atoms with Crippen molar-refractivity contribution in [2.45, 2.75) is 65.2 Å². The molecule has 0 spiro atoms. The summed E-state index contributed by atoms with van der Waals surface area (Å²) in [5.41, 5.74) is 7.66. The Balaban J connectivity index is 1.93. The number of hydrogen-bond acceptors (Lipinski definition) is 3. The molecule has 2 aromatic carbocycles. The van der Waals surface area contributed by atoms with Crippen LogP contribution in [-0.4, -0.2) is 24.3 Å². The summed E-state index contributed by atoms with van der Waals surface area (Å²) in [5, 5.41) is 9.97. The van der Waals surface area contributed by atoms with Crippen LogP contribution in [0.1, 0.15) is 87.0 Å². The summed E-state index contributed by atoms with van der Waals surface area (Å²) in [5.74, 6) is -0.349. The van der Waals surface area contributed by atoms with E-state index in [1.54, 1.807) is 19.1 Å². The van der Waals surface area contributed by atoms with E-state index in [9.17, 15) is 9.90 Å². The predicted molar refractivity (Wildman–Crippen MR) is 133 cm³/mol. The standard InChI is InChI=1S/C29H36O3/c1-7-32-27(31)23-10-8-9-22(17-23)24(19-30)12-11-20(2)21-13-14-25-26(18-21)29(5,6)16-15-28(25,3)4/h8-14,17-18,30H,7,15-16,19H2,1-6H3. The van der Waals surface area contributed by atoms with Gasteiger partial charge in [0.25, 0.3) is 0 Å². The average molecular weight is 433 g/mol. The maximum absolute atomic E-state index is 12.1. The van der Waals surface area contributed by atoms with Crippen LogP contribution in [-0.2, 0) is 15.6 Å². The normalized spacial score (nSPS) is 17.6. The molecular weight excluding hydrogens is 396 g/mol. The zero-order valence-corrected chi connectivity index (χ0v) is 20.3. The molecular formula is C29H36O3. The summed E-state index contributed by atoms with van der Waals surface area (Å²) < 4.78 is 5.10. The Kier molecular flexibility index (Phi) is 7.09. The van der Waals surface area contributed by atoms with Crippen LogP contribution in [0.4, 0.5) is 0 Å². The highest BCUT2D eigenvalue weighted by Gasteiger charge is 2.36. The molecule has 0 amide bonds. The first-order valence-corrected chi connectivity index (χ1v) is 11.5.